The Morgan fingerprint density at radius 1 is 1.00 bits per heavy atom. The average Bonchev–Trinajstić information content (AvgIpc) is 2.74. The number of rotatable bonds is 2. The van der Waals surface area contributed by atoms with Crippen LogP contribution in [0.4, 0.5) is 0 Å². The molecule has 0 fully saturated rings. The van der Waals surface area contributed by atoms with Crippen LogP contribution in [0.1, 0.15) is 36.6 Å². The Labute approximate surface area is 103 Å². The SMILES string of the molecule is CC(C)C(N)c1ccc2c3c(cccc13)CC2. The molecule has 0 heterocycles. The molecule has 17 heavy (non-hydrogen) atoms. The highest BCUT2D eigenvalue weighted by molar-refractivity contribution is 5.93. The van der Waals surface area contributed by atoms with Gasteiger partial charge >= 0.3 is 0 Å². The fourth-order valence-corrected chi connectivity index (χ4v) is 2.92. The van der Waals surface area contributed by atoms with Crippen molar-refractivity contribution in [3.05, 3.63) is 47.0 Å². The molecule has 88 valence electrons. The van der Waals surface area contributed by atoms with Crippen molar-refractivity contribution in [3.63, 3.8) is 0 Å². The number of aryl methyl sites for hydroxylation is 2. The van der Waals surface area contributed by atoms with E-state index < -0.39 is 0 Å². The number of nitrogens with two attached hydrogens (primary N) is 1. The van der Waals surface area contributed by atoms with Gasteiger partial charge in [-0.1, -0.05) is 44.2 Å². The first kappa shape index (κ1) is 10.8. The highest BCUT2D eigenvalue weighted by atomic mass is 14.6. The molecule has 2 aromatic carbocycles. The zero-order valence-electron chi connectivity index (χ0n) is 10.5. The van der Waals surface area contributed by atoms with Gasteiger partial charge in [0.2, 0.25) is 0 Å². The molecule has 1 nitrogen and oxygen atoms in total. The largest absolute Gasteiger partial charge is 0.324 e. The lowest BCUT2D eigenvalue weighted by atomic mass is 9.91. The quantitative estimate of drug-likeness (QED) is 0.830. The fraction of sp³-hybridized carbons (Fsp3) is 0.375. The van der Waals surface area contributed by atoms with E-state index in [-0.39, 0.29) is 6.04 Å². The zero-order chi connectivity index (χ0) is 12.0. The zero-order valence-corrected chi connectivity index (χ0v) is 10.5. The molecule has 2 N–H and O–H groups in total. The van der Waals surface area contributed by atoms with E-state index >= 15 is 0 Å². The Bertz CT molecular complexity index is 559. The third-order valence-electron chi connectivity index (χ3n) is 3.99. The molecule has 0 aliphatic heterocycles. The van der Waals surface area contributed by atoms with Gasteiger partial charge in [-0.15, -0.1) is 0 Å². The second-order valence-electron chi connectivity index (χ2n) is 5.42. The van der Waals surface area contributed by atoms with E-state index in [1.54, 1.807) is 0 Å². The van der Waals surface area contributed by atoms with Gasteiger partial charge in [-0.3, -0.25) is 0 Å². The Kier molecular flexibility index (Phi) is 2.44. The van der Waals surface area contributed by atoms with Crippen LogP contribution in [-0.4, -0.2) is 0 Å². The van der Waals surface area contributed by atoms with Crippen LogP contribution in [0.3, 0.4) is 0 Å². The van der Waals surface area contributed by atoms with E-state index in [1.807, 2.05) is 0 Å². The van der Waals surface area contributed by atoms with Gasteiger partial charge in [-0.2, -0.15) is 0 Å². The Balaban J connectivity index is 2.29. The van der Waals surface area contributed by atoms with Crippen LogP contribution in [0.15, 0.2) is 30.3 Å². The summed E-state index contributed by atoms with van der Waals surface area (Å²) in [5.74, 6) is 0.480. The highest BCUT2D eigenvalue weighted by Gasteiger charge is 2.19. The lowest BCUT2D eigenvalue weighted by Crippen LogP contribution is -2.17. The third kappa shape index (κ3) is 1.57. The van der Waals surface area contributed by atoms with Crippen molar-refractivity contribution in [2.24, 2.45) is 11.7 Å². The molecule has 1 unspecified atom stereocenters. The predicted octanol–water partition coefficient (Wildman–Crippen LogP) is 3.59. The fourth-order valence-electron chi connectivity index (χ4n) is 2.92. The van der Waals surface area contributed by atoms with Gasteiger partial charge < -0.3 is 5.73 Å². The maximum absolute atomic E-state index is 6.32. The summed E-state index contributed by atoms with van der Waals surface area (Å²) in [6.45, 7) is 4.38. The normalized spacial score (nSPS) is 15.8. The van der Waals surface area contributed by atoms with Gasteiger partial charge in [0.15, 0.2) is 0 Å². The molecule has 0 bridgehead atoms. The van der Waals surface area contributed by atoms with E-state index in [9.17, 15) is 0 Å². The minimum Gasteiger partial charge on any atom is -0.324 e. The van der Waals surface area contributed by atoms with Crippen molar-refractivity contribution in [3.8, 4) is 0 Å². The molecule has 0 spiro atoms. The van der Waals surface area contributed by atoms with Gasteiger partial charge in [0, 0.05) is 6.04 Å². The molecule has 3 rings (SSSR count). The molecule has 1 aliphatic carbocycles. The lowest BCUT2D eigenvalue weighted by Gasteiger charge is -2.19. The smallest absolute Gasteiger partial charge is 0.0324 e. The van der Waals surface area contributed by atoms with E-state index in [1.165, 1.54) is 40.3 Å². The molecule has 0 amide bonds. The molecule has 0 aromatic heterocycles. The van der Waals surface area contributed by atoms with Gasteiger partial charge in [0.1, 0.15) is 0 Å². The first-order chi connectivity index (χ1) is 8.18. The van der Waals surface area contributed by atoms with Gasteiger partial charge in [0.25, 0.3) is 0 Å². The summed E-state index contributed by atoms with van der Waals surface area (Å²) in [7, 11) is 0. The minimum absolute atomic E-state index is 0.139. The molecule has 0 saturated heterocycles. The first-order valence-corrected chi connectivity index (χ1v) is 6.47. The second kappa shape index (κ2) is 3.85. The molecule has 1 heteroatoms. The van der Waals surface area contributed by atoms with E-state index in [0.29, 0.717) is 5.92 Å². The van der Waals surface area contributed by atoms with Crippen LogP contribution < -0.4 is 5.73 Å². The van der Waals surface area contributed by atoms with E-state index in [2.05, 4.69) is 44.2 Å². The Morgan fingerprint density at radius 2 is 1.71 bits per heavy atom. The van der Waals surface area contributed by atoms with Crippen LogP contribution in [0.25, 0.3) is 10.8 Å². The molecule has 0 radical (unpaired) electrons. The summed E-state index contributed by atoms with van der Waals surface area (Å²) in [6.07, 6.45) is 2.38. The van der Waals surface area contributed by atoms with Crippen molar-refractivity contribution in [1.82, 2.24) is 0 Å². The lowest BCUT2D eigenvalue weighted by molar-refractivity contribution is 0.517. The van der Waals surface area contributed by atoms with Crippen molar-refractivity contribution in [1.29, 1.82) is 0 Å². The Hall–Kier alpha value is -1.34. The van der Waals surface area contributed by atoms with E-state index in [4.69, 9.17) is 5.73 Å². The second-order valence-corrected chi connectivity index (χ2v) is 5.42. The maximum atomic E-state index is 6.32. The molecule has 0 saturated carbocycles. The Morgan fingerprint density at radius 3 is 2.41 bits per heavy atom. The van der Waals surface area contributed by atoms with Gasteiger partial charge in [-0.25, -0.2) is 0 Å². The van der Waals surface area contributed by atoms with Gasteiger partial charge in [-0.05, 0) is 46.2 Å². The summed E-state index contributed by atoms with van der Waals surface area (Å²) in [5, 5.41) is 2.85. The van der Waals surface area contributed by atoms with Crippen LogP contribution in [0.2, 0.25) is 0 Å². The molecule has 2 aromatic rings. The third-order valence-corrected chi connectivity index (χ3v) is 3.99. The van der Waals surface area contributed by atoms with Crippen molar-refractivity contribution >= 4 is 10.8 Å². The highest BCUT2D eigenvalue weighted by Crippen LogP contribution is 2.35. The van der Waals surface area contributed by atoms with E-state index in [0.717, 1.165) is 0 Å². The van der Waals surface area contributed by atoms with Crippen LogP contribution >= 0.6 is 0 Å². The van der Waals surface area contributed by atoms with Crippen LogP contribution in [0, 0.1) is 5.92 Å². The monoisotopic (exact) mass is 225 g/mol. The summed E-state index contributed by atoms with van der Waals surface area (Å²) in [4.78, 5) is 0. The van der Waals surface area contributed by atoms with Crippen molar-refractivity contribution in [2.45, 2.75) is 32.7 Å². The minimum atomic E-state index is 0.139. The standard InChI is InChI=1S/C16H19N/c1-10(2)16(17)14-9-8-12-7-6-11-4-3-5-13(14)15(11)12/h3-5,8-10,16H,6-7,17H2,1-2H3. The first-order valence-electron chi connectivity index (χ1n) is 6.47. The van der Waals surface area contributed by atoms with Crippen molar-refractivity contribution in [2.75, 3.05) is 0 Å². The number of hydrogen-bond acceptors (Lipinski definition) is 1. The van der Waals surface area contributed by atoms with Crippen LogP contribution in [0.5, 0.6) is 0 Å². The summed E-state index contributed by atoms with van der Waals surface area (Å²) in [6, 6.07) is 11.3. The summed E-state index contributed by atoms with van der Waals surface area (Å²) >= 11 is 0. The molecular weight excluding hydrogens is 206 g/mol. The summed E-state index contributed by atoms with van der Waals surface area (Å²) < 4.78 is 0. The predicted molar refractivity (Wildman–Crippen MR) is 73.1 cm³/mol. The molecule has 1 aliphatic rings. The number of benzene rings is 2. The topological polar surface area (TPSA) is 26.0 Å². The number of hydrogen-bond donors (Lipinski definition) is 1. The maximum Gasteiger partial charge on any atom is 0.0324 e. The summed E-state index contributed by atoms with van der Waals surface area (Å²) in [5.41, 5.74) is 10.6. The van der Waals surface area contributed by atoms with Crippen LogP contribution in [-0.2, 0) is 12.8 Å². The van der Waals surface area contributed by atoms with Crippen molar-refractivity contribution < 1.29 is 0 Å². The average molecular weight is 225 g/mol. The van der Waals surface area contributed by atoms with Gasteiger partial charge in [0.05, 0.1) is 0 Å². The molecular formula is C16H19N. The molecule has 1 atom stereocenters.